The van der Waals surface area contributed by atoms with Crippen molar-refractivity contribution in [2.24, 2.45) is 0 Å². The van der Waals surface area contributed by atoms with Gasteiger partial charge in [0.1, 0.15) is 6.61 Å². The molecule has 3 rings (SSSR count). The topological polar surface area (TPSA) is 97.3 Å². The molecule has 2 aromatic rings. The molecule has 8 nitrogen and oxygen atoms in total. The third-order valence-electron chi connectivity index (χ3n) is 3.26. The van der Waals surface area contributed by atoms with Crippen LogP contribution in [0.2, 0.25) is 0 Å². The van der Waals surface area contributed by atoms with Crippen molar-refractivity contribution in [1.82, 2.24) is 19.7 Å². The van der Waals surface area contributed by atoms with Gasteiger partial charge in [0.25, 0.3) is 5.88 Å². The first-order chi connectivity index (χ1) is 10.3. The fourth-order valence-electron chi connectivity index (χ4n) is 2.40. The Morgan fingerprint density at radius 3 is 3.10 bits per heavy atom. The largest absolute Gasteiger partial charge is 0.485 e. The highest BCUT2D eigenvalue weighted by atomic mass is 16.5. The molecule has 0 unspecified atom stereocenters. The van der Waals surface area contributed by atoms with Gasteiger partial charge >= 0.3 is 0 Å². The van der Waals surface area contributed by atoms with Crippen molar-refractivity contribution in [3.05, 3.63) is 12.3 Å². The van der Waals surface area contributed by atoms with Crippen LogP contribution in [-0.4, -0.2) is 46.7 Å². The van der Waals surface area contributed by atoms with Gasteiger partial charge in [-0.1, -0.05) is 0 Å². The second kappa shape index (κ2) is 5.57. The molecule has 1 atom stereocenters. The first-order valence-corrected chi connectivity index (χ1v) is 6.70. The molecule has 8 heteroatoms. The Morgan fingerprint density at radius 2 is 2.33 bits per heavy atom. The molecule has 0 fully saturated rings. The van der Waals surface area contributed by atoms with E-state index in [-0.39, 0.29) is 6.04 Å². The first-order valence-electron chi connectivity index (χ1n) is 6.70. The number of hydrogen-bond donors (Lipinski definition) is 1. The smallest absolute Gasteiger partial charge is 0.257 e. The van der Waals surface area contributed by atoms with E-state index in [9.17, 15) is 0 Å². The molecule has 0 saturated carbocycles. The molecule has 112 valence electrons. The zero-order valence-corrected chi connectivity index (χ0v) is 11.9. The van der Waals surface area contributed by atoms with Crippen molar-refractivity contribution in [3.8, 4) is 23.0 Å². The Balaban J connectivity index is 2.14. The minimum atomic E-state index is -0.109. The molecule has 0 bridgehead atoms. The van der Waals surface area contributed by atoms with E-state index in [0.29, 0.717) is 43.2 Å². The molecule has 0 amide bonds. The lowest BCUT2D eigenvalue weighted by Crippen LogP contribution is -2.22. The molecule has 0 aliphatic carbocycles. The Morgan fingerprint density at radius 1 is 1.48 bits per heavy atom. The molecular weight excluding hydrogens is 274 g/mol. The molecular formula is C13H17N5O3. The number of nitrogens with zero attached hydrogens (tertiary/aromatic N) is 4. The molecule has 1 aliphatic rings. The highest BCUT2D eigenvalue weighted by Crippen LogP contribution is 2.40. The van der Waals surface area contributed by atoms with Gasteiger partial charge < -0.3 is 19.9 Å². The molecule has 2 aromatic heterocycles. The van der Waals surface area contributed by atoms with Crippen molar-refractivity contribution in [2.45, 2.75) is 13.0 Å². The molecule has 21 heavy (non-hydrogen) atoms. The van der Waals surface area contributed by atoms with Crippen LogP contribution in [-0.2, 0) is 4.74 Å². The number of rotatable bonds is 4. The molecule has 0 saturated heterocycles. The van der Waals surface area contributed by atoms with E-state index >= 15 is 0 Å². The van der Waals surface area contributed by atoms with E-state index in [1.165, 1.54) is 0 Å². The van der Waals surface area contributed by atoms with E-state index in [4.69, 9.17) is 19.9 Å². The van der Waals surface area contributed by atoms with Gasteiger partial charge in [-0.15, -0.1) is 10.2 Å². The van der Waals surface area contributed by atoms with Gasteiger partial charge in [0, 0.05) is 13.3 Å². The summed E-state index contributed by atoms with van der Waals surface area (Å²) in [6.07, 6.45) is 1.65. The summed E-state index contributed by atoms with van der Waals surface area (Å²) < 4.78 is 18.5. The minimum Gasteiger partial charge on any atom is -0.485 e. The van der Waals surface area contributed by atoms with Crippen molar-refractivity contribution in [1.29, 1.82) is 0 Å². The summed E-state index contributed by atoms with van der Waals surface area (Å²) in [6.45, 7) is 3.22. The number of hydrogen-bond acceptors (Lipinski definition) is 7. The normalized spacial score (nSPS) is 16.6. The monoisotopic (exact) mass is 291 g/mol. The van der Waals surface area contributed by atoms with Gasteiger partial charge in [-0.2, -0.15) is 0 Å². The quantitative estimate of drug-likeness (QED) is 0.893. The van der Waals surface area contributed by atoms with E-state index < -0.39 is 0 Å². The molecule has 0 radical (unpaired) electrons. The van der Waals surface area contributed by atoms with Crippen molar-refractivity contribution >= 4 is 5.95 Å². The van der Waals surface area contributed by atoms with E-state index in [1.807, 2.05) is 17.6 Å². The highest BCUT2D eigenvalue weighted by molar-refractivity contribution is 5.68. The number of aromatic nitrogens is 4. The van der Waals surface area contributed by atoms with Gasteiger partial charge in [0.2, 0.25) is 5.95 Å². The summed E-state index contributed by atoms with van der Waals surface area (Å²) in [7, 11) is 1.63. The number of pyridine rings is 1. The van der Waals surface area contributed by atoms with Crippen LogP contribution in [0.4, 0.5) is 5.95 Å². The number of nitrogen functional groups attached to an aromatic ring is 1. The van der Waals surface area contributed by atoms with Crippen LogP contribution in [0.1, 0.15) is 13.0 Å². The lowest BCUT2D eigenvalue weighted by atomic mass is 10.2. The van der Waals surface area contributed by atoms with Crippen LogP contribution < -0.4 is 15.2 Å². The second-order valence-electron chi connectivity index (χ2n) is 4.60. The standard InChI is InChI=1S/C13H17N5O3/c1-3-20-12-10-9(4-5-15-12)11-16-17-13(14)18(11)8(6-19-2)7-21-10/h4-5,8H,3,6-7H2,1-2H3,(H2,14,17)/t8-/m0/s1. The first kappa shape index (κ1) is 13.6. The summed E-state index contributed by atoms with van der Waals surface area (Å²) in [4.78, 5) is 4.21. The summed E-state index contributed by atoms with van der Waals surface area (Å²) in [5, 5.41) is 8.13. The number of nitrogens with two attached hydrogens (primary N) is 1. The fourth-order valence-corrected chi connectivity index (χ4v) is 2.40. The van der Waals surface area contributed by atoms with Crippen LogP contribution >= 0.6 is 0 Å². The van der Waals surface area contributed by atoms with Crippen molar-refractivity contribution in [2.75, 3.05) is 32.7 Å². The van der Waals surface area contributed by atoms with Gasteiger partial charge in [-0.05, 0) is 13.0 Å². The number of ether oxygens (including phenoxy) is 3. The maximum Gasteiger partial charge on any atom is 0.257 e. The summed E-state index contributed by atoms with van der Waals surface area (Å²) in [6, 6.07) is 1.70. The Bertz CT molecular complexity index is 643. The fraction of sp³-hybridized carbons (Fsp3) is 0.462. The van der Waals surface area contributed by atoms with Gasteiger partial charge in [0.05, 0.1) is 24.8 Å². The molecule has 0 aromatic carbocycles. The molecule has 1 aliphatic heterocycles. The molecule has 3 heterocycles. The number of fused-ring (bicyclic) bond motifs is 3. The Hall–Kier alpha value is -2.35. The summed E-state index contributed by atoms with van der Waals surface area (Å²) in [5.41, 5.74) is 6.70. The average Bonchev–Trinajstić information content (AvgIpc) is 2.78. The van der Waals surface area contributed by atoms with E-state index in [2.05, 4.69) is 15.2 Å². The second-order valence-corrected chi connectivity index (χ2v) is 4.60. The number of anilines is 1. The highest BCUT2D eigenvalue weighted by Gasteiger charge is 2.29. The van der Waals surface area contributed by atoms with Crippen LogP contribution in [0.5, 0.6) is 11.6 Å². The van der Waals surface area contributed by atoms with Crippen LogP contribution in [0, 0.1) is 0 Å². The van der Waals surface area contributed by atoms with Crippen LogP contribution in [0.3, 0.4) is 0 Å². The molecule has 0 spiro atoms. The molecule has 2 N–H and O–H groups in total. The van der Waals surface area contributed by atoms with Crippen LogP contribution in [0.25, 0.3) is 11.4 Å². The maximum atomic E-state index is 5.94. The Kier molecular flexibility index (Phi) is 3.61. The minimum absolute atomic E-state index is 0.109. The predicted octanol–water partition coefficient (Wildman–Crippen LogP) is 0.901. The van der Waals surface area contributed by atoms with Gasteiger partial charge in [0.15, 0.2) is 11.6 Å². The van der Waals surface area contributed by atoms with E-state index in [1.54, 1.807) is 13.3 Å². The number of methoxy groups -OCH3 is 1. The lowest BCUT2D eigenvalue weighted by Gasteiger charge is -2.17. The average molecular weight is 291 g/mol. The zero-order valence-electron chi connectivity index (χ0n) is 11.9. The lowest BCUT2D eigenvalue weighted by molar-refractivity contribution is 0.124. The summed E-state index contributed by atoms with van der Waals surface area (Å²) >= 11 is 0. The third-order valence-corrected chi connectivity index (χ3v) is 3.26. The van der Waals surface area contributed by atoms with Gasteiger partial charge in [-0.3, -0.25) is 4.57 Å². The third kappa shape index (κ3) is 2.27. The van der Waals surface area contributed by atoms with Crippen molar-refractivity contribution in [3.63, 3.8) is 0 Å². The summed E-state index contributed by atoms with van der Waals surface area (Å²) in [5.74, 6) is 1.97. The van der Waals surface area contributed by atoms with E-state index in [0.717, 1.165) is 5.56 Å². The SMILES string of the molecule is CCOc1nccc2c1OC[C@H](COC)n1c(N)nnc1-2. The van der Waals surface area contributed by atoms with Crippen molar-refractivity contribution < 1.29 is 14.2 Å². The maximum absolute atomic E-state index is 5.94. The zero-order chi connectivity index (χ0) is 14.8. The predicted molar refractivity (Wildman–Crippen MR) is 75.2 cm³/mol. The van der Waals surface area contributed by atoms with Crippen LogP contribution in [0.15, 0.2) is 12.3 Å². The van der Waals surface area contributed by atoms with Gasteiger partial charge in [-0.25, -0.2) is 4.98 Å². The Labute approximate surface area is 121 Å².